The summed E-state index contributed by atoms with van der Waals surface area (Å²) in [6.07, 6.45) is 3.56. The molecule has 2 nitrogen and oxygen atoms in total. The lowest BCUT2D eigenvalue weighted by Gasteiger charge is -2.32. The molecule has 1 aliphatic rings. The van der Waals surface area contributed by atoms with Gasteiger partial charge in [0.25, 0.3) is 5.91 Å². The van der Waals surface area contributed by atoms with E-state index >= 15 is 0 Å². The van der Waals surface area contributed by atoms with E-state index in [-0.39, 0.29) is 5.91 Å². The van der Waals surface area contributed by atoms with Crippen LogP contribution in [0.4, 0.5) is 0 Å². The number of amides is 1. The Morgan fingerprint density at radius 2 is 2.28 bits per heavy atom. The van der Waals surface area contributed by atoms with E-state index in [1.165, 1.54) is 18.4 Å². The number of carbonyl (C=O) groups excluding carboxylic acids is 1. The first-order valence-corrected chi connectivity index (χ1v) is 7.46. The average Bonchev–Trinajstić information content (AvgIpc) is 2.38. The van der Waals surface area contributed by atoms with Gasteiger partial charge in [0.15, 0.2) is 0 Å². The van der Waals surface area contributed by atoms with Gasteiger partial charge in [0.1, 0.15) is 0 Å². The van der Waals surface area contributed by atoms with E-state index < -0.39 is 0 Å². The Balaban J connectivity index is 2.15. The van der Waals surface area contributed by atoms with E-state index in [0.29, 0.717) is 5.92 Å². The first kappa shape index (κ1) is 13.6. The predicted molar refractivity (Wildman–Crippen MR) is 77.8 cm³/mol. The van der Waals surface area contributed by atoms with Gasteiger partial charge in [-0.3, -0.25) is 4.79 Å². The van der Waals surface area contributed by atoms with Crippen LogP contribution < -0.4 is 0 Å². The molecule has 3 heteroatoms. The zero-order chi connectivity index (χ0) is 13.1. The van der Waals surface area contributed by atoms with Crippen molar-refractivity contribution in [3.05, 3.63) is 33.8 Å². The fraction of sp³-hybridized carbons (Fsp3) is 0.533. The van der Waals surface area contributed by atoms with Gasteiger partial charge in [-0.25, -0.2) is 0 Å². The van der Waals surface area contributed by atoms with E-state index in [1.807, 2.05) is 30.0 Å². The molecule has 18 heavy (non-hydrogen) atoms. The third-order valence-electron chi connectivity index (χ3n) is 3.74. The van der Waals surface area contributed by atoms with Crippen LogP contribution in [0.2, 0.25) is 0 Å². The SMILES string of the molecule is CCC1CCCN(C(=O)c2ccc(C)cc2Br)C1. The van der Waals surface area contributed by atoms with Crippen LogP contribution in [0.25, 0.3) is 0 Å². The van der Waals surface area contributed by atoms with Gasteiger partial charge >= 0.3 is 0 Å². The fourth-order valence-corrected chi connectivity index (χ4v) is 3.21. The summed E-state index contributed by atoms with van der Waals surface area (Å²) in [5.74, 6) is 0.840. The van der Waals surface area contributed by atoms with E-state index in [0.717, 1.165) is 29.5 Å². The number of nitrogens with zero attached hydrogens (tertiary/aromatic N) is 1. The first-order valence-electron chi connectivity index (χ1n) is 6.67. The van der Waals surface area contributed by atoms with Crippen molar-refractivity contribution in [1.82, 2.24) is 4.90 Å². The second-order valence-electron chi connectivity index (χ2n) is 5.15. The average molecular weight is 310 g/mol. The molecule has 1 aliphatic heterocycles. The molecule has 1 amide bonds. The molecule has 2 rings (SSSR count). The number of hydrogen-bond acceptors (Lipinski definition) is 1. The monoisotopic (exact) mass is 309 g/mol. The quantitative estimate of drug-likeness (QED) is 0.808. The molecular weight excluding hydrogens is 290 g/mol. The van der Waals surface area contributed by atoms with E-state index in [1.54, 1.807) is 0 Å². The summed E-state index contributed by atoms with van der Waals surface area (Å²) >= 11 is 3.50. The van der Waals surface area contributed by atoms with Crippen LogP contribution in [0.15, 0.2) is 22.7 Å². The first-order chi connectivity index (χ1) is 8.61. The Labute approximate surface area is 117 Å². The van der Waals surface area contributed by atoms with Crippen LogP contribution in [-0.2, 0) is 0 Å². The number of rotatable bonds is 2. The summed E-state index contributed by atoms with van der Waals surface area (Å²) in [5, 5.41) is 0. The highest BCUT2D eigenvalue weighted by molar-refractivity contribution is 9.10. The van der Waals surface area contributed by atoms with Crippen LogP contribution in [0.1, 0.15) is 42.1 Å². The third kappa shape index (κ3) is 2.94. The minimum absolute atomic E-state index is 0.167. The largest absolute Gasteiger partial charge is 0.338 e. The maximum atomic E-state index is 12.5. The van der Waals surface area contributed by atoms with Crippen molar-refractivity contribution in [3.8, 4) is 0 Å². The Morgan fingerprint density at radius 1 is 1.50 bits per heavy atom. The fourth-order valence-electron chi connectivity index (χ4n) is 2.55. The van der Waals surface area contributed by atoms with Crippen LogP contribution in [-0.4, -0.2) is 23.9 Å². The normalized spacial score (nSPS) is 19.9. The Hall–Kier alpha value is -0.830. The zero-order valence-corrected chi connectivity index (χ0v) is 12.7. The molecule has 0 aliphatic carbocycles. The van der Waals surface area contributed by atoms with Crippen LogP contribution >= 0.6 is 15.9 Å². The molecule has 0 saturated carbocycles. The number of benzene rings is 1. The standard InChI is InChI=1S/C15H20BrNO/c1-3-12-5-4-8-17(10-12)15(18)13-7-6-11(2)9-14(13)16/h6-7,9,12H,3-5,8,10H2,1-2H3. The highest BCUT2D eigenvalue weighted by Gasteiger charge is 2.24. The summed E-state index contributed by atoms with van der Waals surface area (Å²) in [6.45, 7) is 6.05. The van der Waals surface area contributed by atoms with Gasteiger partial charge < -0.3 is 4.90 Å². The summed E-state index contributed by atoms with van der Waals surface area (Å²) in [5.41, 5.74) is 1.96. The maximum Gasteiger partial charge on any atom is 0.255 e. The van der Waals surface area contributed by atoms with Gasteiger partial charge in [-0.2, -0.15) is 0 Å². The molecular formula is C15H20BrNO. The van der Waals surface area contributed by atoms with Crippen LogP contribution in [0.3, 0.4) is 0 Å². The molecule has 0 N–H and O–H groups in total. The zero-order valence-electron chi connectivity index (χ0n) is 11.1. The molecule has 1 fully saturated rings. The van der Waals surface area contributed by atoms with E-state index in [4.69, 9.17) is 0 Å². The molecule has 1 aromatic rings. The summed E-state index contributed by atoms with van der Waals surface area (Å²) < 4.78 is 0.908. The van der Waals surface area contributed by atoms with Crippen molar-refractivity contribution in [2.24, 2.45) is 5.92 Å². The molecule has 1 unspecified atom stereocenters. The lowest BCUT2D eigenvalue weighted by Crippen LogP contribution is -2.39. The number of hydrogen-bond donors (Lipinski definition) is 0. The molecule has 0 aromatic heterocycles. The Morgan fingerprint density at radius 3 is 2.94 bits per heavy atom. The van der Waals surface area contributed by atoms with Crippen molar-refractivity contribution >= 4 is 21.8 Å². The number of piperidine rings is 1. The highest BCUT2D eigenvalue weighted by atomic mass is 79.9. The highest BCUT2D eigenvalue weighted by Crippen LogP contribution is 2.24. The van der Waals surface area contributed by atoms with Crippen LogP contribution in [0, 0.1) is 12.8 Å². The van der Waals surface area contributed by atoms with Crippen molar-refractivity contribution in [2.75, 3.05) is 13.1 Å². The smallest absolute Gasteiger partial charge is 0.255 e. The van der Waals surface area contributed by atoms with Crippen molar-refractivity contribution in [1.29, 1.82) is 0 Å². The van der Waals surface area contributed by atoms with E-state index in [9.17, 15) is 4.79 Å². The molecule has 1 heterocycles. The molecule has 98 valence electrons. The number of likely N-dealkylation sites (tertiary alicyclic amines) is 1. The molecule has 0 bridgehead atoms. The van der Waals surface area contributed by atoms with Gasteiger partial charge in [0, 0.05) is 17.6 Å². The lowest BCUT2D eigenvalue weighted by atomic mass is 9.95. The molecule has 0 spiro atoms. The summed E-state index contributed by atoms with van der Waals surface area (Å²) in [4.78, 5) is 14.5. The third-order valence-corrected chi connectivity index (χ3v) is 4.39. The van der Waals surface area contributed by atoms with E-state index in [2.05, 4.69) is 22.9 Å². The van der Waals surface area contributed by atoms with Crippen molar-refractivity contribution in [3.63, 3.8) is 0 Å². The molecule has 1 aromatic carbocycles. The number of aryl methyl sites for hydroxylation is 1. The molecule has 1 saturated heterocycles. The number of carbonyl (C=O) groups is 1. The minimum atomic E-state index is 0.167. The minimum Gasteiger partial charge on any atom is -0.338 e. The van der Waals surface area contributed by atoms with Gasteiger partial charge in [0.05, 0.1) is 5.56 Å². The van der Waals surface area contributed by atoms with Gasteiger partial charge in [0.2, 0.25) is 0 Å². The number of halogens is 1. The Bertz CT molecular complexity index is 444. The van der Waals surface area contributed by atoms with Gasteiger partial charge in [-0.1, -0.05) is 19.4 Å². The molecule has 1 atom stereocenters. The topological polar surface area (TPSA) is 20.3 Å². The maximum absolute atomic E-state index is 12.5. The van der Waals surface area contributed by atoms with Crippen molar-refractivity contribution in [2.45, 2.75) is 33.1 Å². The van der Waals surface area contributed by atoms with Crippen molar-refractivity contribution < 1.29 is 4.79 Å². The predicted octanol–water partition coefficient (Wildman–Crippen LogP) is 4.02. The summed E-state index contributed by atoms with van der Waals surface area (Å²) in [6, 6.07) is 5.94. The second kappa shape index (κ2) is 5.87. The summed E-state index contributed by atoms with van der Waals surface area (Å²) in [7, 11) is 0. The van der Waals surface area contributed by atoms with Gasteiger partial charge in [-0.15, -0.1) is 0 Å². The lowest BCUT2D eigenvalue weighted by molar-refractivity contribution is 0.0670. The van der Waals surface area contributed by atoms with Gasteiger partial charge in [-0.05, 0) is 59.3 Å². The second-order valence-corrected chi connectivity index (χ2v) is 6.01. The Kier molecular flexibility index (Phi) is 4.44. The molecule has 0 radical (unpaired) electrons. The van der Waals surface area contributed by atoms with Crippen LogP contribution in [0.5, 0.6) is 0 Å².